The lowest BCUT2D eigenvalue weighted by molar-refractivity contribution is -0.0771. The zero-order valence-corrected chi connectivity index (χ0v) is 13.1. The van der Waals surface area contributed by atoms with Crippen LogP contribution in [0.3, 0.4) is 0 Å². The van der Waals surface area contributed by atoms with Crippen LogP contribution in [0.1, 0.15) is 39.3 Å². The third kappa shape index (κ3) is 4.28. The van der Waals surface area contributed by atoms with E-state index in [1.165, 1.54) is 16.8 Å². The van der Waals surface area contributed by atoms with Gasteiger partial charge in [-0.3, -0.25) is 14.3 Å². The van der Waals surface area contributed by atoms with E-state index in [0.29, 0.717) is 26.2 Å². The number of nitrogens with zero attached hydrogens (tertiary/aromatic N) is 1. The number of nitrogens with one attached hydrogen (secondary N) is 1. The van der Waals surface area contributed by atoms with Gasteiger partial charge in [-0.15, -0.1) is 0 Å². The summed E-state index contributed by atoms with van der Waals surface area (Å²) >= 11 is 0. The molecular weight excluding hydrogens is 288 g/mol. The first kappa shape index (κ1) is 16.9. The quantitative estimate of drug-likeness (QED) is 0.725. The van der Waals surface area contributed by atoms with Crippen molar-refractivity contribution in [3.05, 3.63) is 33.1 Å². The second-order valence-electron chi connectivity index (χ2n) is 5.37. The smallest absolute Gasteiger partial charge is 0.330 e. The first-order valence-corrected chi connectivity index (χ1v) is 7.82. The van der Waals surface area contributed by atoms with Gasteiger partial charge in [0.2, 0.25) is 0 Å². The molecule has 0 bridgehead atoms. The first-order valence-electron chi connectivity index (χ1n) is 7.82. The fourth-order valence-electron chi connectivity index (χ4n) is 2.46. The van der Waals surface area contributed by atoms with Gasteiger partial charge in [0.25, 0.3) is 5.56 Å². The molecule has 1 aliphatic heterocycles. The van der Waals surface area contributed by atoms with Crippen LogP contribution in [0.5, 0.6) is 0 Å². The SMILES string of the molecule is CCCOC[C@H]1O[C@@H](n2ccc(=O)[nH]c2=O)C[C@@H]1OCCC. The minimum atomic E-state index is -0.470. The van der Waals surface area contributed by atoms with Gasteiger partial charge in [-0.2, -0.15) is 0 Å². The van der Waals surface area contributed by atoms with Crippen LogP contribution in [0.25, 0.3) is 0 Å². The monoisotopic (exact) mass is 312 g/mol. The second kappa shape index (κ2) is 8.26. The second-order valence-corrected chi connectivity index (χ2v) is 5.37. The fourth-order valence-corrected chi connectivity index (χ4v) is 2.46. The van der Waals surface area contributed by atoms with Gasteiger partial charge in [-0.05, 0) is 12.8 Å². The first-order chi connectivity index (χ1) is 10.7. The highest BCUT2D eigenvalue weighted by Gasteiger charge is 2.37. The van der Waals surface area contributed by atoms with Crippen LogP contribution in [0.4, 0.5) is 0 Å². The Hall–Kier alpha value is -1.44. The summed E-state index contributed by atoms with van der Waals surface area (Å²) < 4.78 is 18.7. The van der Waals surface area contributed by atoms with Gasteiger partial charge in [-0.1, -0.05) is 13.8 Å². The highest BCUT2D eigenvalue weighted by Crippen LogP contribution is 2.30. The molecule has 1 aliphatic rings. The normalized spacial score (nSPS) is 24.7. The van der Waals surface area contributed by atoms with Crippen LogP contribution in [0.15, 0.2) is 21.9 Å². The Morgan fingerprint density at radius 3 is 2.77 bits per heavy atom. The van der Waals surface area contributed by atoms with E-state index in [2.05, 4.69) is 4.98 Å². The molecule has 2 heterocycles. The number of aromatic nitrogens is 2. The molecule has 0 aromatic carbocycles. The molecule has 1 aromatic heterocycles. The molecule has 0 radical (unpaired) electrons. The van der Waals surface area contributed by atoms with Crippen molar-refractivity contribution >= 4 is 0 Å². The van der Waals surface area contributed by atoms with Gasteiger partial charge in [0, 0.05) is 31.9 Å². The molecule has 124 valence electrons. The van der Waals surface area contributed by atoms with Crippen molar-refractivity contribution in [1.29, 1.82) is 0 Å². The topological polar surface area (TPSA) is 82.5 Å². The summed E-state index contributed by atoms with van der Waals surface area (Å²) in [5.74, 6) is 0. The molecule has 0 amide bonds. The van der Waals surface area contributed by atoms with E-state index in [0.717, 1.165) is 12.8 Å². The van der Waals surface area contributed by atoms with E-state index in [1.807, 2.05) is 13.8 Å². The Kier molecular flexibility index (Phi) is 6.35. The molecule has 1 N–H and O–H groups in total. The maximum absolute atomic E-state index is 11.9. The number of H-pyrrole nitrogens is 1. The Morgan fingerprint density at radius 2 is 2.09 bits per heavy atom. The summed E-state index contributed by atoms with van der Waals surface area (Å²) in [5, 5.41) is 0. The van der Waals surface area contributed by atoms with Gasteiger partial charge < -0.3 is 14.2 Å². The van der Waals surface area contributed by atoms with E-state index >= 15 is 0 Å². The summed E-state index contributed by atoms with van der Waals surface area (Å²) in [5.41, 5.74) is -0.886. The molecule has 0 saturated carbocycles. The number of ether oxygens (including phenoxy) is 3. The molecule has 0 aliphatic carbocycles. The van der Waals surface area contributed by atoms with Crippen molar-refractivity contribution in [3.8, 4) is 0 Å². The van der Waals surface area contributed by atoms with Crippen LogP contribution in [0, 0.1) is 0 Å². The predicted molar refractivity (Wildman–Crippen MR) is 81.0 cm³/mol. The summed E-state index contributed by atoms with van der Waals surface area (Å²) in [6.07, 6.45) is 3.12. The summed E-state index contributed by atoms with van der Waals surface area (Å²) in [7, 11) is 0. The van der Waals surface area contributed by atoms with Crippen LogP contribution in [-0.4, -0.2) is 41.6 Å². The number of rotatable bonds is 8. The van der Waals surface area contributed by atoms with Gasteiger partial charge in [0.15, 0.2) is 0 Å². The largest absolute Gasteiger partial charge is 0.379 e. The lowest BCUT2D eigenvalue weighted by atomic mass is 10.2. The molecule has 1 aromatic rings. The zero-order chi connectivity index (χ0) is 15.9. The third-order valence-corrected chi connectivity index (χ3v) is 3.51. The maximum atomic E-state index is 11.9. The lowest BCUT2D eigenvalue weighted by Crippen LogP contribution is -2.32. The molecule has 3 atom stereocenters. The molecule has 1 fully saturated rings. The molecule has 1 saturated heterocycles. The van der Waals surface area contributed by atoms with Crippen molar-refractivity contribution in [2.24, 2.45) is 0 Å². The van der Waals surface area contributed by atoms with Crippen LogP contribution < -0.4 is 11.2 Å². The molecule has 7 heteroatoms. The van der Waals surface area contributed by atoms with Crippen LogP contribution in [-0.2, 0) is 14.2 Å². The number of hydrogen-bond acceptors (Lipinski definition) is 5. The van der Waals surface area contributed by atoms with Gasteiger partial charge in [0.05, 0.1) is 12.7 Å². The van der Waals surface area contributed by atoms with Crippen molar-refractivity contribution < 1.29 is 14.2 Å². The van der Waals surface area contributed by atoms with Crippen molar-refractivity contribution in [2.75, 3.05) is 19.8 Å². The average Bonchev–Trinajstić information content (AvgIpc) is 2.88. The van der Waals surface area contributed by atoms with Crippen LogP contribution in [0.2, 0.25) is 0 Å². The molecule has 7 nitrogen and oxygen atoms in total. The molecule has 0 unspecified atom stereocenters. The van der Waals surface area contributed by atoms with Crippen molar-refractivity contribution in [2.45, 2.75) is 51.5 Å². The zero-order valence-electron chi connectivity index (χ0n) is 13.1. The Balaban J connectivity index is 2.07. The highest BCUT2D eigenvalue weighted by atomic mass is 16.6. The number of aromatic amines is 1. The van der Waals surface area contributed by atoms with E-state index in [-0.39, 0.29) is 12.2 Å². The maximum Gasteiger partial charge on any atom is 0.330 e. The lowest BCUT2D eigenvalue weighted by Gasteiger charge is -2.18. The minimum Gasteiger partial charge on any atom is -0.379 e. The summed E-state index contributed by atoms with van der Waals surface area (Å²) in [6, 6.07) is 1.31. The molecule has 22 heavy (non-hydrogen) atoms. The minimum absolute atomic E-state index is 0.111. The van der Waals surface area contributed by atoms with Gasteiger partial charge in [-0.25, -0.2) is 4.79 Å². The summed E-state index contributed by atoms with van der Waals surface area (Å²) in [6.45, 7) is 5.84. The molecule has 2 rings (SSSR count). The molecular formula is C15H24N2O5. The Bertz CT molecular complexity index is 568. The Morgan fingerprint density at radius 1 is 1.32 bits per heavy atom. The van der Waals surface area contributed by atoms with Gasteiger partial charge >= 0.3 is 5.69 Å². The highest BCUT2D eigenvalue weighted by molar-refractivity contribution is 4.89. The van der Waals surface area contributed by atoms with E-state index in [9.17, 15) is 9.59 Å². The van der Waals surface area contributed by atoms with E-state index < -0.39 is 17.5 Å². The summed E-state index contributed by atoms with van der Waals surface area (Å²) in [4.78, 5) is 25.3. The Labute approximate surface area is 129 Å². The van der Waals surface area contributed by atoms with Gasteiger partial charge in [0.1, 0.15) is 12.3 Å². The molecule has 0 spiro atoms. The third-order valence-electron chi connectivity index (χ3n) is 3.51. The van der Waals surface area contributed by atoms with E-state index in [1.54, 1.807) is 0 Å². The number of hydrogen-bond donors (Lipinski definition) is 1. The fraction of sp³-hybridized carbons (Fsp3) is 0.733. The average molecular weight is 312 g/mol. The van der Waals surface area contributed by atoms with E-state index in [4.69, 9.17) is 14.2 Å². The predicted octanol–water partition coefficient (Wildman–Crippen LogP) is 1.05. The van der Waals surface area contributed by atoms with Crippen molar-refractivity contribution in [1.82, 2.24) is 9.55 Å². The van der Waals surface area contributed by atoms with Crippen molar-refractivity contribution in [3.63, 3.8) is 0 Å². The standard InChI is InChI=1S/C15H24N2O5/c1-3-7-20-10-12-11(21-8-4-2)9-14(22-12)17-6-5-13(18)16-15(17)19/h5-6,11-12,14H,3-4,7-10H2,1-2H3,(H,16,18,19)/t11-,12+,14+/m0/s1. The van der Waals surface area contributed by atoms with Crippen LogP contribution >= 0.6 is 0 Å².